The number of carboxylic acids is 1. The molecule has 0 aromatic heterocycles. The van der Waals surface area contributed by atoms with Crippen molar-refractivity contribution in [1.82, 2.24) is 10.2 Å². The SMILES string of the molecule is CCC1(CC)CCN(C(=O)NCCC(C)C(=O)O)CC1. The molecule has 20 heavy (non-hydrogen) atoms. The van der Waals surface area contributed by atoms with Crippen LogP contribution >= 0.6 is 0 Å². The van der Waals surface area contributed by atoms with E-state index in [4.69, 9.17) is 5.11 Å². The number of carbonyl (C=O) groups excluding carboxylic acids is 1. The van der Waals surface area contributed by atoms with E-state index in [1.807, 2.05) is 4.90 Å². The number of aliphatic carboxylic acids is 1. The molecule has 0 spiro atoms. The van der Waals surface area contributed by atoms with Gasteiger partial charge in [0.25, 0.3) is 0 Å². The Morgan fingerprint density at radius 1 is 1.25 bits per heavy atom. The summed E-state index contributed by atoms with van der Waals surface area (Å²) in [6.45, 7) is 8.16. The minimum absolute atomic E-state index is 0.0524. The average Bonchev–Trinajstić information content (AvgIpc) is 2.46. The molecule has 1 unspecified atom stereocenters. The van der Waals surface area contributed by atoms with Gasteiger partial charge < -0.3 is 15.3 Å². The first-order valence-corrected chi connectivity index (χ1v) is 7.69. The Morgan fingerprint density at radius 3 is 2.25 bits per heavy atom. The van der Waals surface area contributed by atoms with Gasteiger partial charge in [0.2, 0.25) is 0 Å². The zero-order chi connectivity index (χ0) is 15.2. The smallest absolute Gasteiger partial charge is 0.317 e. The molecule has 1 heterocycles. The van der Waals surface area contributed by atoms with Crippen LogP contribution in [0.5, 0.6) is 0 Å². The minimum atomic E-state index is -0.812. The summed E-state index contributed by atoms with van der Waals surface area (Å²) in [5, 5.41) is 11.6. The summed E-state index contributed by atoms with van der Waals surface area (Å²) in [4.78, 5) is 24.6. The Kier molecular flexibility index (Phi) is 6.30. The molecule has 1 fully saturated rings. The van der Waals surface area contributed by atoms with Crippen LogP contribution in [0.4, 0.5) is 4.79 Å². The van der Waals surface area contributed by atoms with Gasteiger partial charge in [0.15, 0.2) is 0 Å². The number of hydrogen-bond donors (Lipinski definition) is 2. The van der Waals surface area contributed by atoms with Crippen LogP contribution in [0.15, 0.2) is 0 Å². The molecule has 1 aliphatic heterocycles. The van der Waals surface area contributed by atoms with Crippen molar-refractivity contribution < 1.29 is 14.7 Å². The zero-order valence-corrected chi connectivity index (χ0v) is 12.9. The lowest BCUT2D eigenvalue weighted by Gasteiger charge is -2.40. The molecule has 5 nitrogen and oxygen atoms in total. The van der Waals surface area contributed by atoms with Crippen molar-refractivity contribution in [1.29, 1.82) is 0 Å². The summed E-state index contributed by atoms with van der Waals surface area (Å²) in [7, 11) is 0. The van der Waals surface area contributed by atoms with E-state index in [2.05, 4.69) is 19.2 Å². The number of rotatable bonds is 6. The topological polar surface area (TPSA) is 69.6 Å². The van der Waals surface area contributed by atoms with Gasteiger partial charge in [-0.15, -0.1) is 0 Å². The molecule has 0 radical (unpaired) electrons. The lowest BCUT2D eigenvalue weighted by molar-refractivity contribution is -0.141. The van der Waals surface area contributed by atoms with Gasteiger partial charge in [-0.3, -0.25) is 4.79 Å². The molecule has 0 saturated carbocycles. The minimum Gasteiger partial charge on any atom is -0.481 e. The lowest BCUT2D eigenvalue weighted by Crippen LogP contribution is -2.47. The van der Waals surface area contributed by atoms with Crippen molar-refractivity contribution in [3.63, 3.8) is 0 Å². The van der Waals surface area contributed by atoms with Crippen molar-refractivity contribution in [2.75, 3.05) is 19.6 Å². The number of nitrogens with one attached hydrogen (secondary N) is 1. The van der Waals surface area contributed by atoms with Gasteiger partial charge in [-0.2, -0.15) is 0 Å². The van der Waals surface area contributed by atoms with Gasteiger partial charge in [0, 0.05) is 19.6 Å². The molecular weight excluding hydrogens is 256 g/mol. The van der Waals surface area contributed by atoms with E-state index in [0.717, 1.165) is 25.9 Å². The van der Waals surface area contributed by atoms with Gasteiger partial charge in [-0.1, -0.05) is 33.6 Å². The van der Waals surface area contributed by atoms with Gasteiger partial charge in [0.05, 0.1) is 5.92 Å². The summed E-state index contributed by atoms with van der Waals surface area (Å²) in [5.41, 5.74) is 0.411. The van der Waals surface area contributed by atoms with Gasteiger partial charge in [-0.05, 0) is 24.7 Å². The maximum Gasteiger partial charge on any atom is 0.317 e. The molecule has 2 N–H and O–H groups in total. The van der Waals surface area contributed by atoms with Crippen LogP contribution in [0.3, 0.4) is 0 Å². The maximum absolute atomic E-state index is 12.0. The first kappa shape index (κ1) is 16.8. The molecule has 1 atom stereocenters. The zero-order valence-electron chi connectivity index (χ0n) is 12.9. The second kappa shape index (κ2) is 7.50. The third-order valence-corrected chi connectivity index (χ3v) is 4.89. The third kappa shape index (κ3) is 4.39. The van der Waals surface area contributed by atoms with Crippen molar-refractivity contribution in [2.45, 2.75) is 52.9 Å². The second-order valence-corrected chi connectivity index (χ2v) is 5.95. The number of hydrogen-bond acceptors (Lipinski definition) is 2. The van der Waals surface area contributed by atoms with E-state index in [1.165, 1.54) is 12.8 Å². The van der Waals surface area contributed by atoms with E-state index >= 15 is 0 Å². The fraction of sp³-hybridized carbons (Fsp3) is 0.867. The molecule has 1 saturated heterocycles. The van der Waals surface area contributed by atoms with Crippen LogP contribution in [-0.2, 0) is 4.79 Å². The fourth-order valence-electron chi connectivity index (χ4n) is 2.77. The summed E-state index contributed by atoms with van der Waals surface area (Å²) >= 11 is 0. The van der Waals surface area contributed by atoms with Crippen molar-refractivity contribution in [2.24, 2.45) is 11.3 Å². The predicted molar refractivity (Wildman–Crippen MR) is 78.6 cm³/mol. The van der Waals surface area contributed by atoms with Crippen molar-refractivity contribution in [3.8, 4) is 0 Å². The normalized spacial score (nSPS) is 19.4. The summed E-state index contributed by atoms with van der Waals surface area (Å²) in [5.74, 6) is -1.22. The standard InChI is InChI=1S/C15H28N2O3/c1-4-15(5-2)7-10-17(11-8-15)14(20)16-9-6-12(3)13(18)19/h12H,4-11H2,1-3H3,(H,16,20)(H,18,19). The summed E-state index contributed by atoms with van der Waals surface area (Å²) < 4.78 is 0. The predicted octanol–water partition coefficient (Wildman–Crippen LogP) is 2.71. The summed E-state index contributed by atoms with van der Waals surface area (Å²) in [6.07, 6.45) is 4.96. The molecule has 0 aromatic rings. The van der Waals surface area contributed by atoms with Crippen LogP contribution < -0.4 is 5.32 Å². The Balaban J connectivity index is 2.31. The highest BCUT2D eigenvalue weighted by Crippen LogP contribution is 2.37. The number of carboxylic acid groups (broad SMARTS) is 1. The van der Waals surface area contributed by atoms with E-state index in [0.29, 0.717) is 18.4 Å². The van der Waals surface area contributed by atoms with Gasteiger partial charge in [0.1, 0.15) is 0 Å². The average molecular weight is 284 g/mol. The molecule has 1 aliphatic rings. The van der Waals surface area contributed by atoms with Gasteiger partial charge in [-0.25, -0.2) is 4.79 Å². The van der Waals surface area contributed by atoms with Crippen LogP contribution in [-0.4, -0.2) is 41.6 Å². The highest BCUT2D eigenvalue weighted by Gasteiger charge is 2.32. The lowest BCUT2D eigenvalue weighted by atomic mass is 9.74. The third-order valence-electron chi connectivity index (χ3n) is 4.89. The first-order valence-electron chi connectivity index (χ1n) is 7.69. The van der Waals surface area contributed by atoms with E-state index < -0.39 is 11.9 Å². The first-order chi connectivity index (χ1) is 9.44. The number of nitrogens with zero attached hydrogens (tertiary/aromatic N) is 1. The van der Waals surface area contributed by atoms with Gasteiger partial charge >= 0.3 is 12.0 Å². The Labute approximate surface area is 121 Å². The molecular formula is C15H28N2O3. The van der Waals surface area contributed by atoms with Crippen LogP contribution in [0.1, 0.15) is 52.9 Å². The Hall–Kier alpha value is -1.26. The second-order valence-electron chi connectivity index (χ2n) is 5.95. The molecule has 0 bridgehead atoms. The van der Waals surface area contributed by atoms with E-state index in [-0.39, 0.29) is 6.03 Å². The molecule has 116 valence electrons. The van der Waals surface area contributed by atoms with Crippen LogP contribution in [0.25, 0.3) is 0 Å². The van der Waals surface area contributed by atoms with Crippen LogP contribution in [0.2, 0.25) is 0 Å². The van der Waals surface area contributed by atoms with Crippen molar-refractivity contribution in [3.05, 3.63) is 0 Å². The Bertz CT molecular complexity index is 330. The largest absolute Gasteiger partial charge is 0.481 e. The monoisotopic (exact) mass is 284 g/mol. The molecule has 5 heteroatoms. The Morgan fingerprint density at radius 2 is 1.80 bits per heavy atom. The number of urea groups is 1. The fourth-order valence-corrected chi connectivity index (χ4v) is 2.77. The van der Waals surface area contributed by atoms with Crippen LogP contribution in [0, 0.1) is 11.3 Å². The molecule has 0 aromatic carbocycles. The summed E-state index contributed by atoms with van der Waals surface area (Å²) in [6, 6.07) is -0.0524. The number of likely N-dealkylation sites (tertiary alicyclic amines) is 1. The highest BCUT2D eigenvalue weighted by molar-refractivity contribution is 5.74. The highest BCUT2D eigenvalue weighted by atomic mass is 16.4. The van der Waals surface area contributed by atoms with Crippen molar-refractivity contribution >= 4 is 12.0 Å². The number of carbonyl (C=O) groups is 2. The molecule has 2 amide bonds. The number of amides is 2. The van der Waals surface area contributed by atoms with E-state index in [9.17, 15) is 9.59 Å². The quantitative estimate of drug-likeness (QED) is 0.788. The maximum atomic E-state index is 12.0. The number of piperidine rings is 1. The molecule has 1 rings (SSSR count). The molecule has 0 aliphatic carbocycles. The van der Waals surface area contributed by atoms with E-state index in [1.54, 1.807) is 6.92 Å².